The zero-order valence-electron chi connectivity index (χ0n) is 12.3. The molecular formula is C16H19N3O2. The number of allylic oxidation sites excluding steroid dienone is 1. The van der Waals surface area contributed by atoms with Gasteiger partial charge in [-0.05, 0) is 38.8 Å². The van der Waals surface area contributed by atoms with Gasteiger partial charge < -0.3 is 15.0 Å². The van der Waals surface area contributed by atoms with Crippen molar-refractivity contribution in [1.29, 1.82) is 0 Å². The predicted molar refractivity (Wildman–Crippen MR) is 80.5 cm³/mol. The number of hydrogen-bond donors (Lipinski definition) is 2. The fourth-order valence-electron chi connectivity index (χ4n) is 2.54. The molecule has 1 aliphatic heterocycles. The van der Waals surface area contributed by atoms with E-state index in [4.69, 9.17) is 4.74 Å². The molecule has 0 unspecified atom stereocenters. The lowest BCUT2D eigenvalue weighted by Crippen LogP contribution is -2.30. The van der Waals surface area contributed by atoms with E-state index in [1.54, 1.807) is 0 Å². The highest BCUT2D eigenvalue weighted by atomic mass is 16.5. The quantitative estimate of drug-likeness (QED) is 0.911. The molecule has 1 aromatic carbocycles. The Labute approximate surface area is 123 Å². The van der Waals surface area contributed by atoms with E-state index in [0.29, 0.717) is 6.61 Å². The molecular weight excluding hydrogens is 266 g/mol. The smallest absolute Gasteiger partial charge is 0.251 e. The van der Waals surface area contributed by atoms with Crippen LogP contribution in [0.1, 0.15) is 38.6 Å². The van der Waals surface area contributed by atoms with E-state index < -0.39 is 0 Å². The van der Waals surface area contributed by atoms with Crippen LogP contribution in [0.25, 0.3) is 11.0 Å². The van der Waals surface area contributed by atoms with Gasteiger partial charge >= 0.3 is 0 Å². The molecule has 2 N–H and O–H groups in total. The summed E-state index contributed by atoms with van der Waals surface area (Å²) in [5.74, 6) is 1.43. The molecule has 0 aliphatic carbocycles. The van der Waals surface area contributed by atoms with E-state index >= 15 is 0 Å². The van der Waals surface area contributed by atoms with Gasteiger partial charge in [0.15, 0.2) is 0 Å². The van der Waals surface area contributed by atoms with Gasteiger partial charge in [0.1, 0.15) is 11.6 Å². The monoisotopic (exact) mass is 285 g/mol. The van der Waals surface area contributed by atoms with E-state index in [9.17, 15) is 4.79 Å². The number of amides is 1. The lowest BCUT2D eigenvalue weighted by atomic mass is 10.1. The molecule has 1 aliphatic rings. The van der Waals surface area contributed by atoms with Crippen molar-refractivity contribution in [1.82, 2.24) is 15.3 Å². The first-order chi connectivity index (χ1) is 10.1. The number of nitrogens with zero attached hydrogens (tertiary/aromatic N) is 1. The third kappa shape index (κ3) is 2.77. The maximum atomic E-state index is 12.3. The van der Waals surface area contributed by atoms with Crippen LogP contribution < -0.4 is 5.32 Å². The highest BCUT2D eigenvalue weighted by Crippen LogP contribution is 2.21. The Kier molecular flexibility index (Phi) is 3.64. The van der Waals surface area contributed by atoms with Crippen molar-refractivity contribution in [3.05, 3.63) is 41.4 Å². The van der Waals surface area contributed by atoms with Gasteiger partial charge in [-0.15, -0.1) is 0 Å². The molecule has 0 radical (unpaired) electrons. The maximum Gasteiger partial charge on any atom is 0.251 e. The van der Waals surface area contributed by atoms with Gasteiger partial charge in [-0.1, -0.05) is 12.1 Å². The van der Waals surface area contributed by atoms with Gasteiger partial charge in [0.2, 0.25) is 0 Å². The van der Waals surface area contributed by atoms with Gasteiger partial charge in [0.05, 0.1) is 29.3 Å². The molecule has 1 atom stereocenters. The number of rotatable bonds is 3. The molecule has 21 heavy (non-hydrogen) atoms. The number of benzene rings is 1. The summed E-state index contributed by atoms with van der Waals surface area (Å²) < 4.78 is 5.44. The maximum absolute atomic E-state index is 12.3. The molecule has 0 saturated carbocycles. The number of hydrogen-bond acceptors (Lipinski definition) is 3. The van der Waals surface area contributed by atoms with Crippen molar-refractivity contribution in [3.63, 3.8) is 0 Å². The van der Waals surface area contributed by atoms with E-state index in [-0.39, 0.29) is 11.9 Å². The number of ether oxygens (including phenoxy) is 1. The van der Waals surface area contributed by atoms with Crippen LogP contribution in [-0.4, -0.2) is 22.5 Å². The number of nitrogens with one attached hydrogen (secondary N) is 2. The minimum atomic E-state index is -0.174. The number of H-pyrrole nitrogens is 1. The number of carbonyl (C=O) groups is 1. The Morgan fingerprint density at radius 3 is 3.00 bits per heavy atom. The molecule has 3 rings (SSSR count). The molecule has 1 amide bonds. The summed E-state index contributed by atoms with van der Waals surface area (Å²) in [4.78, 5) is 20.1. The van der Waals surface area contributed by atoms with Crippen LogP contribution in [0.4, 0.5) is 0 Å². The van der Waals surface area contributed by atoms with Crippen LogP contribution in [0.15, 0.2) is 35.6 Å². The molecule has 5 heteroatoms. The summed E-state index contributed by atoms with van der Waals surface area (Å²) in [5, 5.41) is 2.99. The van der Waals surface area contributed by atoms with Gasteiger partial charge in [-0.2, -0.15) is 0 Å². The second kappa shape index (κ2) is 5.60. The summed E-state index contributed by atoms with van der Waals surface area (Å²) in [6, 6.07) is 7.66. The molecule has 0 fully saturated rings. The third-order valence-electron chi connectivity index (χ3n) is 3.75. The Bertz CT molecular complexity index is 669. The normalized spacial score (nSPS) is 16.7. The predicted octanol–water partition coefficient (Wildman–Crippen LogP) is 2.82. The topological polar surface area (TPSA) is 67.0 Å². The lowest BCUT2D eigenvalue weighted by Gasteiger charge is -2.20. The van der Waals surface area contributed by atoms with Gasteiger partial charge in [-0.25, -0.2) is 4.98 Å². The summed E-state index contributed by atoms with van der Waals surface area (Å²) in [7, 11) is 0. The van der Waals surface area contributed by atoms with Crippen molar-refractivity contribution in [2.24, 2.45) is 0 Å². The van der Waals surface area contributed by atoms with Crippen molar-refractivity contribution in [2.75, 3.05) is 6.61 Å². The molecule has 0 bridgehead atoms. The molecule has 2 aromatic rings. The standard InChI is InChI=1S/C16H19N3O2/c1-10(15-18-13-7-3-4-8-14(13)19-15)17-16(20)12-6-5-9-21-11(12)2/h3-4,7-8,10H,5-6,9H2,1-2H3,(H,17,20)(H,18,19)/t10-/m0/s1. The second-order valence-electron chi connectivity index (χ2n) is 5.32. The number of imidazole rings is 1. The summed E-state index contributed by atoms with van der Waals surface area (Å²) in [5.41, 5.74) is 2.62. The number of fused-ring (bicyclic) bond motifs is 1. The fraction of sp³-hybridized carbons (Fsp3) is 0.375. The fourth-order valence-corrected chi connectivity index (χ4v) is 2.54. The van der Waals surface area contributed by atoms with Crippen molar-refractivity contribution >= 4 is 16.9 Å². The minimum absolute atomic E-state index is 0.0693. The minimum Gasteiger partial charge on any atom is -0.498 e. The van der Waals surface area contributed by atoms with Gasteiger partial charge in [0.25, 0.3) is 5.91 Å². The Balaban J connectivity index is 1.76. The molecule has 0 saturated heterocycles. The van der Waals surface area contributed by atoms with Crippen LogP contribution in [0.5, 0.6) is 0 Å². The summed E-state index contributed by atoms with van der Waals surface area (Å²) >= 11 is 0. The van der Waals surface area contributed by atoms with Gasteiger partial charge in [-0.3, -0.25) is 4.79 Å². The van der Waals surface area contributed by atoms with E-state index in [1.165, 1.54) is 0 Å². The first-order valence-corrected chi connectivity index (χ1v) is 7.23. The van der Waals surface area contributed by atoms with Crippen molar-refractivity contribution in [3.8, 4) is 0 Å². The molecule has 110 valence electrons. The average Bonchev–Trinajstić information content (AvgIpc) is 2.91. The largest absolute Gasteiger partial charge is 0.498 e. The molecule has 2 heterocycles. The van der Waals surface area contributed by atoms with Crippen LogP contribution in [0.2, 0.25) is 0 Å². The van der Waals surface area contributed by atoms with Crippen LogP contribution in [0, 0.1) is 0 Å². The zero-order valence-corrected chi connectivity index (χ0v) is 12.3. The number of para-hydroxylation sites is 2. The number of aromatic nitrogens is 2. The SMILES string of the molecule is CC1=C(C(=O)N[C@@H](C)c2nc3ccccc3[nH]2)CCCO1. The molecule has 5 nitrogen and oxygen atoms in total. The second-order valence-corrected chi connectivity index (χ2v) is 5.32. The first-order valence-electron chi connectivity index (χ1n) is 7.23. The Morgan fingerprint density at radius 1 is 1.43 bits per heavy atom. The van der Waals surface area contributed by atoms with E-state index in [1.807, 2.05) is 38.1 Å². The lowest BCUT2D eigenvalue weighted by molar-refractivity contribution is -0.118. The average molecular weight is 285 g/mol. The number of carbonyl (C=O) groups excluding carboxylic acids is 1. The van der Waals surface area contributed by atoms with E-state index in [2.05, 4.69) is 15.3 Å². The third-order valence-corrected chi connectivity index (χ3v) is 3.75. The highest BCUT2D eigenvalue weighted by Gasteiger charge is 2.20. The number of aromatic amines is 1. The Hall–Kier alpha value is -2.30. The molecule has 1 aromatic heterocycles. The van der Waals surface area contributed by atoms with Crippen LogP contribution in [-0.2, 0) is 9.53 Å². The van der Waals surface area contributed by atoms with Crippen LogP contribution in [0.3, 0.4) is 0 Å². The summed E-state index contributed by atoms with van der Waals surface area (Å²) in [6.45, 7) is 4.47. The van der Waals surface area contributed by atoms with Gasteiger partial charge in [0, 0.05) is 0 Å². The Morgan fingerprint density at radius 2 is 2.24 bits per heavy atom. The van der Waals surface area contributed by atoms with E-state index in [0.717, 1.165) is 41.0 Å². The van der Waals surface area contributed by atoms with Crippen LogP contribution >= 0.6 is 0 Å². The summed E-state index contributed by atoms with van der Waals surface area (Å²) in [6.07, 6.45) is 1.66. The first kappa shape index (κ1) is 13.7. The van der Waals surface area contributed by atoms with Crippen molar-refractivity contribution < 1.29 is 9.53 Å². The zero-order chi connectivity index (χ0) is 14.8. The van der Waals surface area contributed by atoms with Crippen molar-refractivity contribution in [2.45, 2.75) is 32.7 Å². The highest BCUT2D eigenvalue weighted by molar-refractivity contribution is 5.94. The molecule has 0 spiro atoms.